The van der Waals surface area contributed by atoms with Crippen LogP contribution in [0.15, 0.2) is 23.3 Å². The van der Waals surface area contributed by atoms with E-state index >= 15 is 0 Å². The maximum atomic E-state index is 5.54. The monoisotopic (exact) mass is 223 g/mol. The first-order valence-electron chi connectivity index (χ1n) is 6.08. The number of hydrogen-bond donors (Lipinski definition) is 0. The molecule has 0 aromatic heterocycles. The zero-order valence-electron chi connectivity index (χ0n) is 11.8. The van der Waals surface area contributed by atoms with Crippen molar-refractivity contribution >= 4 is 0 Å². The van der Waals surface area contributed by atoms with Crippen LogP contribution in [0.4, 0.5) is 0 Å². The molecule has 0 amide bonds. The molecule has 0 heterocycles. The van der Waals surface area contributed by atoms with Crippen molar-refractivity contribution in [2.45, 2.75) is 54.4 Å². The lowest BCUT2D eigenvalue weighted by Gasteiger charge is -2.17. The average molecular weight is 223 g/mol. The lowest BCUT2D eigenvalue weighted by Crippen LogP contribution is -2.09. The molecule has 0 aromatic rings. The van der Waals surface area contributed by atoms with E-state index in [2.05, 4.69) is 53.7 Å². The van der Waals surface area contributed by atoms with Crippen molar-refractivity contribution in [1.29, 1.82) is 0 Å². The van der Waals surface area contributed by atoms with E-state index in [4.69, 9.17) is 4.74 Å². The standard InChI is InChI=1S/C15H27O/c1-7-13(2)9-8-10-14(3)11-16-12-15(4,5)6/h7,10,12H,8-9,11H2,1-6H3. The molecule has 0 aliphatic rings. The molecule has 0 rings (SSSR count). The summed E-state index contributed by atoms with van der Waals surface area (Å²) in [6.45, 7) is 15.4. The third-order valence-corrected chi connectivity index (χ3v) is 2.27. The van der Waals surface area contributed by atoms with Crippen LogP contribution in [0.3, 0.4) is 0 Å². The van der Waals surface area contributed by atoms with Crippen LogP contribution in [0.5, 0.6) is 0 Å². The van der Waals surface area contributed by atoms with E-state index in [1.54, 1.807) is 0 Å². The molecular weight excluding hydrogens is 196 g/mol. The van der Waals surface area contributed by atoms with Gasteiger partial charge < -0.3 is 4.74 Å². The van der Waals surface area contributed by atoms with Gasteiger partial charge in [0, 0.05) is 0 Å². The Hall–Kier alpha value is -0.560. The van der Waals surface area contributed by atoms with Gasteiger partial charge in [0.05, 0.1) is 13.2 Å². The molecule has 0 fully saturated rings. The molecule has 0 aliphatic heterocycles. The molecule has 0 saturated carbocycles. The Morgan fingerprint density at radius 1 is 1.12 bits per heavy atom. The van der Waals surface area contributed by atoms with Gasteiger partial charge in [0.2, 0.25) is 0 Å². The summed E-state index contributed by atoms with van der Waals surface area (Å²) >= 11 is 0. The summed E-state index contributed by atoms with van der Waals surface area (Å²) in [5, 5.41) is 0. The fourth-order valence-corrected chi connectivity index (χ4v) is 1.17. The van der Waals surface area contributed by atoms with Crippen LogP contribution in [0.2, 0.25) is 0 Å². The quantitative estimate of drug-likeness (QED) is 0.582. The highest BCUT2D eigenvalue weighted by atomic mass is 16.5. The lowest BCUT2D eigenvalue weighted by molar-refractivity contribution is 0.158. The van der Waals surface area contributed by atoms with Crippen molar-refractivity contribution in [3.05, 3.63) is 29.9 Å². The lowest BCUT2D eigenvalue weighted by atomic mass is 9.99. The van der Waals surface area contributed by atoms with Gasteiger partial charge in [-0.15, -0.1) is 0 Å². The second-order valence-corrected chi connectivity index (χ2v) is 5.52. The topological polar surface area (TPSA) is 9.23 Å². The molecule has 0 aromatic carbocycles. The van der Waals surface area contributed by atoms with Gasteiger partial charge in [0.15, 0.2) is 0 Å². The SMILES string of the molecule is CC=C(C)CCC=C(C)CO[CH]C(C)(C)C. The fraction of sp³-hybridized carbons (Fsp3) is 0.667. The van der Waals surface area contributed by atoms with Crippen LogP contribution in [-0.4, -0.2) is 6.61 Å². The Morgan fingerprint density at radius 2 is 1.75 bits per heavy atom. The van der Waals surface area contributed by atoms with Gasteiger partial charge in [-0.05, 0) is 39.0 Å². The van der Waals surface area contributed by atoms with Gasteiger partial charge in [0.25, 0.3) is 0 Å². The van der Waals surface area contributed by atoms with Crippen LogP contribution in [0, 0.1) is 12.0 Å². The number of hydrogen-bond acceptors (Lipinski definition) is 1. The summed E-state index contributed by atoms with van der Waals surface area (Å²) in [7, 11) is 0. The van der Waals surface area contributed by atoms with Crippen LogP contribution in [0.1, 0.15) is 54.4 Å². The zero-order valence-corrected chi connectivity index (χ0v) is 11.8. The van der Waals surface area contributed by atoms with Crippen LogP contribution < -0.4 is 0 Å². The maximum Gasteiger partial charge on any atom is 0.0894 e. The van der Waals surface area contributed by atoms with Crippen LogP contribution in [0.25, 0.3) is 0 Å². The van der Waals surface area contributed by atoms with E-state index in [-0.39, 0.29) is 5.41 Å². The summed E-state index contributed by atoms with van der Waals surface area (Å²) in [6, 6.07) is 0. The third-order valence-electron chi connectivity index (χ3n) is 2.27. The highest BCUT2D eigenvalue weighted by molar-refractivity contribution is 5.03. The van der Waals surface area contributed by atoms with Crippen molar-refractivity contribution < 1.29 is 4.74 Å². The molecule has 0 spiro atoms. The molecular formula is C15H27O. The van der Waals surface area contributed by atoms with Gasteiger partial charge in [-0.1, -0.05) is 44.1 Å². The van der Waals surface area contributed by atoms with Crippen LogP contribution >= 0.6 is 0 Å². The van der Waals surface area contributed by atoms with Crippen molar-refractivity contribution in [3.8, 4) is 0 Å². The first-order chi connectivity index (χ1) is 7.35. The summed E-state index contributed by atoms with van der Waals surface area (Å²) < 4.78 is 5.54. The summed E-state index contributed by atoms with van der Waals surface area (Å²) in [4.78, 5) is 0. The highest BCUT2D eigenvalue weighted by Crippen LogP contribution is 2.18. The van der Waals surface area contributed by atoms with Gasteiger partial charge >= 0.3 is 0 Å². The predicted molar refractivity (Wildman–Crippen MR) is 72.1 cm³/mol. The Balaban J connectivity index is 3.72. The molecule has 0 bridgehead atoms. The normalized spacial score (nSPS) is 14.4. The van der Waals surface area contributed by atoms with E-state index in [1.165, 1.54) is 11.1 Å². The Morgan fingerprint density at radius 3 is 2.25 bits per heavy atom. The van der Waals surface area contributed by atoms with E-state index in [0.717, 1.165) is 12.8 Å². The number of rotatable bonds is 6. The van der Waals surface area contributed by atoms with Crippen molar-refractivity contribution in [1.82, 2.24) is 0 Å². The van der Waals surface area contributed by atoms with Gasteiger partial charge in [-0.25, -0.2) is 0 Å². The minimum atomic E-state index is 0.141. The molecule has 16 heavy (non-hydrogen) atoms. The maximum absolute atomic E-state index is 5.54. The van der Waals surface area contributed by atoms with Crippen LogP contribution in [-0.2, 0) is 4.74 Å². The minimum Gasteiger partial charge on any atom is -0.371 e. The zero-order chi connectivity index (χ0) is 12.6. The van der Waals surface area contributed by atoms with E-state index < -0.39 is 0 Å². The van der Waals surface area contributed by atoms with Gasteiger partial charge in [0.1, 0.15) is 0 Å². The highest BCUT2D eigenvalue weighted by Gasteiger charge is 2.10. The van der Waals surface area contributed by atoms with E-state index in [0.29, 0.717) is 6.61 Å². The van der Waals surface area contributed by atoms with Crippen molar-refractivity contribution in [2.75, 3.05) is 6.61 Å². The summed E-state index contributed by atoms with van der Waals surface area (Å²) in [5.41, 5.74) is 2.90. The molecule has 0 N–H and O–H groups in total. The van der Waals surface area contributed by atoms with E-state index in [9.17, 15) is 0 Å². The number of allylic oxidation sites excluding steroid dienone is 3. The van der Waals surface area contributed by atoms with Crippen molar-refractivity contribution in [2.24, 2.45) is 5.41 Å². The summed E-state index contributed by atoms with van der Waals surface area (Å²) in [5.74, 6) is 0. The molecule has 93 valence electrons. The van der Waals surface area contributed by atoms with Gasteiger partial charge in [-0.2, -0.15) is 0 Å². The first kappa shape index (κ1) is 15.4. The molecule has 1 heteroatoms. The Labute approximate surface area is 102 Å². The molecule has 1 nitrogen and oxygen atoms in total. The first-order valence-corrected chi connectivity index (χ1v) is 6.08. The summed E-state index contributed by atoms with van der Waals surface area (Å²) in [6.07, 6.45) is 6.70. The molecule has 1 radical (unpaired) electrons. The Kier molecular flexibility index (Phi) is 7.40. The molecule has 0 atom stereocenters. The largest absolute Gasteiger partial charge is 0.371 e. The third kappa shape index (κ3) is 9.97. The van der Waals surface area contributed by atoms with Crippen molar-refractivity contribution in [3.63, 3.8) is 0 Å². The molecule has 0 unspecified atom stereocenters. The fourth-order valence-electron chi connectivity index (χ4n) is 1.17. The number of ether oxygens (including phenoxy) is 1. The van der Waals surface area contributed by atoms with Gasteiger partial charge in [-0.3, -0.25) is 0 Å². The Bertz CT molecular complexity index is 241. The predicted octanol–water partition coefficient (Wildman–Crippen LogP) is 4.90. The molecule has 0 saturated heterocycles. The van der Waals surface area contributed by atoms with E-state index in [1.807, 2.05) is 6.61 Å². The minimum absolute atomic E-state index is 0.141. The second kappa shape index (κ2) is 7.67. The molecule has 0 aliphatic carbocycles. The second-order valence-electron chi connectivity index (χ2n) is 5.52. The average Bonchev–Trinajstić information content (AvgIpc) is 2.15. The smallest absolute Gasteiger partial charge is 0.0894 e.